The Morgan fingerprint density at radius 3 is 2.37 bits per heavy atom. The average Bonchev–Trinajstić information content (AvgIpc) is 2.62. The average molecular weight is 261 g/mol. The van der Waals surface area contributed by atoms with E-state index in [0.29, 0.717) is 17.3 Å². The zero-order chi connectivity index (χ0) is 14.0. The number of anilines is 1. The van der Waals surface area contributed by atoms with E-state index >= 15 is 0 Å². The quantitative estimate of drug-likeness (QED) is 0.894. The van der Waals surface area contributed by atoms with E-state index < -0.39 is 0 Å². The van der Waals surface area contributed by atoms with Crippen LogP contribution in [0.2, 0.25) is 0 Å². The minimum Gasteiger partial charge on any atom is -0.479 e. The normalized spacial score (nSPS) is 20.7. The first-order valence-corrected chi connectivity index (χ1v) is 6.34. The Hall–Kier alpha value is -1.85. The Morgan fingerprint density at radius 1 is 1.21 bits per heavy atom. The largest absolute Gasteiger partial charge is 0.479 e. The molecule has 0 bridgehead atoms. The SMILES string of the molecule is COc1ncnc2c1nc(N)n2C1C(C)(C)C1(C)C. The monoisotopic (exact) mass is 261 g/mol. The molecule has 0 spiro atoms. The lowest BCUT2D eigenvalue weighted by Gasteiger charge is -2.07. The molecule has 0 aromatic carbocycles. The van der Waals surface area contributed by atoms with Gasteiger partial charge in [-0.25, -0.2) is 9.97 Å². The third-order valence-electron chi connectivity index (χ3n) is 4.87. The maximum absolute atomic E-state index is 6.09. The number of methoxy groups -OCH3 is 1. The van der Waals surface area contributed by atoms with Crippen molar-refractivity contribution in [2.24, 2.45) is 10.8 Å². The molecule has 1 aliphatic carbocycles. The van der Waals surface area contributed by atoms with Crippen molar-refractivity contribution in [3.8, 4) is 5.88 Å². The van der Waals surface area contributed by atoms with Gasteiger partial charge in [0.1, 0.15) is 6.33 Å². The number of nitrogens with zero attached hydrogens (tertiary/aromatic N) is 4. The van der Waals surface area contributed by atoms with Crippen LogP contribution in [0.25, 0.3) is 11.2 Å². The predicted molar refractivity (Wildman–Crippen MR) is 72.9 cm³/mol. The molecule has 2 aromatic rings. The molecular weight excluding hydrogens is 242 g/mol. The fraction of sp³-hybridized carbons (Fsp3) is 0.615. The molecule has 6 nitrogen and oxygen atoms in total. The fourth-order valence-electron chi connectivity index (χ4n) is 3.12. The molecule has 6 heteroatoms. The van der Waals surface area contributed by atoms with E-state index in [1.165, 1.54) is 6.33 Å². The molecule has 0 radical (unpaired) electrons. The molecule has 1 fully saturated rings. The first kappa shape index (κ1) is 12.2. The van der Waals surface area contributed by atoms with Crippen molar-refractivity contribution in [3.63, 3.8) is 0 Å². The van der Waals surface area contributed by atoms with Gasteiger partial charge in [0.05, 0.1) is 7.11 Å². The Bertz CT molecular complexity index is 644. The number of aromatic nitrogens is 4. The predicted octanol–water partition coefficient (Wildman–Crippen LogP) is 2.02. The van der Waals surface area contributed by atoms with Gasteiger partial charge in [0.15, 0.2) is 11.2 Å². The van der Waals surface area contributed by atoms with Crippen LogP contribution in [0.5, 0.6) is 5.88 Å². The molecule has 0 unspecified atom stereocenters. The van der Waals surface area contributed by atoms with Gasteiger partial charge < -0.3 is 10.5 Å². The van der Waals surface area contributed by atoms with Crippen LogP contribution in [-0.4, -0.2) is 26.6 Å². The second-order valence-electron chi connectivity index (χ2n) is 6.24. The molecule has 0 saturated heterocycles. The molecule has 0 atom stereocenters. The van der Waals surface area contributed by atoms with E-state index in [1.54, 1.807) is 7.11 Å². The lowest BCUT2D eigenvalue weighted by Crippen LogP contribution is -2.06. The summed E-state index contributed by atoms with van der Waals surface area (Å²) in [5.74, 6) is 0.934. The van der Waals surface area contributed by atoms with Crippen LogP contribution in [0.15, 0.2) is 6.33 Å². The number of hydrogen-bond acceptors (Lipinski definition) is 5. The topological polar surface area (TPSA) is 78.8 Å². The maximum Gasteiger partial charge on any atom is 0.245 e. The van der Waals surface area contributed by atoms with Crippen LogP contribution >= 0.6 is 0 Å². The van der Waals surface area contributed by atoms with Crippen LogP contribution in [0, 0.1) is 10.8 Å². The Morgan fingerprint density at radius 2 is 1.84 bits per heavy atom. The van der Waals surface area contributed by atoms with Crippen molar-refractivity contribution in [1.29, 1.82) is 0 Å². The zero-order valence-electron chi connectivity index (χ0n) is 11.9. The van der Waals surface area contributed by atoms with Crippen molar-refractivity contribution < 1.29 is 4.74 Å². The summed E-state index contributed by atoms with van der Waals surface area (Å²) < 4.78 is 7.23. The number of imidazole rings is 1. The second-order valence-corrected chi connectivity index (χ2v) is 6.24. The van der Waals surface area contributed by atoms with E-state index in [9.17, 15) is 0 Å². The summed E-state index contributed by atoms with van der Waals surface area (Å²) in [4.78, 5) is 12.8. The van der Waals surface area contributed by atoms with Crippen LogP contribution < -0.4 is 10.5 Å². The minimum atomic E-state index is 0.160. The van der Waals surface area contributed by atoms with Gasteiger partial charge in [0.2, 0.25) is 11.8 Å². The number of nitrogens with two attached hydrogens (primary N) is 1. The first-order chi connectivity index (χ1) is 8.82. The Kier molecular flexibility index (Phi) is 2.17. The van der Waals surface area contributed by atoms with E-state index in [1.807, 2.05) is 4.57 Å². The number of rotatable bonds is 2. The third-order valence-corrected chi connectivity index (χ3v) is 4.87. The highest BCUT2D eigenvalue weighted by Gasteiger charge is 2.66. The van der Waals surface area contributed by atoms with Crippen molar-refractivity contribution >= 4 is 17.1 Å². The van der Waals surface area contributed by atoms with Gasteiger partial charge in [-0.05, 0) is 10.8 Å². The van der Waals surface area contributed by atoms with E-state index in [2.05, 4.69) is 42.6 Å². The molecule has 102 valence electrons. The van der Waals surface area contributed by atoms with E-state index in [0.717, 1.165) is 5.65 Å². The highest BCUT2D eigenvalue weighted by molar-refractivity contribution is 5.79. The summed E-state index contributed by atoms with van der Waals surface area (Å²) in [6.45, 7) is 8.95. The summed E-state index contributed by atoms with van der Waals surface area (Å²) in [7, 11) is 1.57. The smallest absolute Gasteiger partial charge is 0.245 e. The third kappa shape index (κ3) is 1.34. The molecule has 1 aliphatic rings. The van der Waals surface area contributed by atoms with Gasteiger partial charge in [0.25, 0.3) is 0 Å². The van der Waals surface area contributed by atoms with Gasteiger partial charge >= 0.3 is 0 Å². The summed E-state index contributed by atoms with van der Waals surface area (Å²) in [5, 5.41) is 0. The molecular formula is C13H19N5O. The highest BCUT2D eigenvalue weighted by Crippen LogP contribution is 2.72. The van der Waals surface area contributed by atoms with Crippen molar-refractivity contribution in [3.05, 3.63) is 6.33 Å². The number of fused-ring (bicyclic) bond motifs is 1. The van der Waals surface area contributed by atoms with Crippen molar-refractivity contribution in [2.45, 2.75) is 33.7 Å². The van der Waals surface area contributed by atoms with Gasteiger partial charge in [-0.15, -0.1) is 0 Å². The van der Waals surface area contributed by atoms with Gasteiger partial charge in [0, 0.05) is 6.04 Å². The van der Waals surface area contributed by atoms with E-state index in [-0.39, 0.29) is 16.9 Å². The number of ether oxygens (including phenoxy) is 1. The van der Waals surface area contributed by atoms with Crippen LogP contribution in [0.3, 0.4) is 0 Å². The molecule has 2 aromatic heterocycles. The summed E-state index contributed by atoms with van der Waals surface area (Å²) in [6.07, 6.45) is 1.49. The highest BCUT2D eigenvalue weighted by atomic mass is 16.5. The Balaban J connectivity index is 2.24. The van der Waals surface area contributed by atoms with Gasteiger partial charge in [-0.3, -0.25) is 4.57 Å². The standard InChI is InChI=1S/C13H19N5O/c1-12(2)10(13(12,3)4)18-8-7(17-11(18)14)9(19-5)16-6-15-8/h6,10H,1-5H3,(H2,14,17). The minimum absolute atomic E-state index is 0.160. The molecule has 0 aliphatic heterocycles. The fourth-order valence-corrected chi connectivity index (χ4v) is 3.12. The Labute approximate surface area is 112 Å². The van der Waals surface area contributed by atoms with Crippen molar-refractivity contribution in [2.75, 3.05) is 12.8 Å². The summed E-state index contributed by atoms with van der Waals surface area (Å²) in [6, 6.07) is 0.282. The van der Waals surface area contributed by atoms with Crippen LogP contribution in [-0.2, 0) is 0 Å². The van der Waals surface area contributed by atoms with Gasteiger partial charge in [-0.2, -0.15) is 4.98 Å². The molecule has 19 heavy (non-hydrogen) atoms. The second kappa shape index (κ2) is 3.37. The summed E-state index contributed by atoms with van der Waals surface area (Å²) >= 11 is 0. The zero-order valence-corrected chi connectivity index (χ0v) is 11.9. The molecule has 2 heterocycles. The van der Waals surface area contributed by atoms with Crippen molar-refractivity contribution in [1.82, 2.24) is 19.5 Å². The molecule has 2 N–H and O–H groups in total. The lowest BCUT2D eigenvalue weighted by atomic mass is 10.0. The maximum atomic E-state index is 6.09. The molecule has 1 saturated carbocycles. The molecule has 0 amide bonds. The van der Waals surface area contributed by atoms with E-state index in [4.69, 9.17) is 10.5 Å². The molecule has 3 rings (SSSR count). The summed E-state index contributed by atoms with van der Waals surface area (Å²) in [5.41, 5.74) is 7.78. The lowest BCUT2D eigenvalue weighted by molar-refractivity contribution is 0.401. The number of nitrogen functional groups attached to an aromatic ring is 1. The van der Waals surface area contributed by atoms with Gasteiger partial charge in [-0.1, -0.05) is 27.7 Å². The first-order valence-electron chi connectivity index (χ1n) is 6.34. The van der Waals surface area contributed by atoms with Crippen LogP contribution in [0.1, 0.15) is 33.7 Å². The van der Waals surface area contributed by atoms with Crippen LogP contribution in [0.4, 0.5) is 5.95 Å². The number of hydrogen-bond donors (Lipinski definition) is 1.